The number of esters is 1. The van der Waals surface area contributed by atoms with Crippen LogP contribution in [0.2, 0.25) is 0 Å². The summed E-state index contributed by atoms with van der Waals surface area (Å²) in [5, 5.41) is 3.49. The predicted octanol–water partition coefficient (Wildman–Crippen LogP) is 3.07. The molecule has 1 amide bonds. The Morgan fingerprint density at radius 3 is 2.43 bits per heavy atom. The lowest BCUT2D eigenvalue weighted by Crippen LogP contribution is -2.42. The Hall–Kier alpha value is -1.40. The third-order valence-corrected chi connectivity index (χ3v) is 5.46. The van der Waals surface area contributed by atoms with Gasteiger partial charge in [0.1, 0.15) is 5.00 Å². The Morgan fingerprint density at radius 2 is 1.87 bits per heavy atom. The van der Waals surface area contributed by atoms with E-state index < -0.39 is 5.97 Å². The van der Waals surface area contributed by atoms with Crippen molar-refractivity contribution in [2.75, 3.05) is 32.1 Å². The van der Waals surface area contributed by atoms with Crippen molar-refractivity contribution in [2.24, 2.45) is 11.8 Å². The molecule has 6 heteroatoms. The van der Waals surface area contributed by atoms with Crippen molar-refractivity contribution in [3.8, 4) is 0 Å². The molecule has 0 unspecified atom stereocenters. The molecule has 1 aliphatic heterocycles. The molecule has 1 fully saturated rings. The molecule has 128 valence electrons. The number of likely N-dealkylation sites (tertiary alicyclic amines) is 1. The first-order valence-electron chi connectivity index (χ1n) is 8.02. The molecule has 2 rings (SSSR count). The van der Waals surface area contributed by atoms with Gasteiger partial charge in [0, 0.05) is 18.0 Å². The van der Waals surface area contributed by atoms with Gasteiger partial charge in [0.05, 0.1) is 19.2 Å². The van der Waals surface area contributed by atoms with Gasteiger partial charge in [0.2, 0.25) is 5.91 Å². The SMILES string of the molecule is COC(=O)c1c(NC(=O)CN2C[C@@H](C)C[C@H](C)C2)sc(C)c1C. The zero-order valence-electron chi connectivity index (χ0n) is 14.6. The highest BCUT2D eigenvalue weighted by atomic mass is 32.1. The summed E-state index contributed by atoms with van der Waals surface area (Å²) in [6.45, 7) is 10.5. The van der Waals surface area contributed by atoms with E-state index in [1.165, 1.54) is 24.9 Å². The molecule has 0 radical (unpaired) electrons. The first kappa shape index (κ1) is 17.9. The Kier molecular flexibility index (Phi) is 5.81. The van der Waals surface area contributed by atoms with Gasteiger partial charge in [-0.15, -0.1) is 11.3 Å². The maximum absolute atomic E-state index is 12.4. The maximum Gasteiger partial charge on any atom is 0.341 e. The van der Waals surface area contributed by atoms with E-state index in [1.807, 2.05) is 13.8 Å². The van der Waals surface area contributed by atoms with Crippen molar-refractivity contribution >= 4 is 28.2 Å². The largest absolute Gasteiger partial charge is 0.465 e. The molecular formula is C17H26N2O3S. The van der Waals surface area contributed by atoms with Gasteiger partial charge >= 0.3 is 5.97 Å². The van der Waals surface area contributed by atoms with Gasteiger partial charge in [-0.3, -0.25) is 9.69 Å². The molecular weight excluding hydrogens is 312 g/mol. The van der Waals surface area contributed by atoms with E-state index in [0.29, 0.717) is 28.9 Å². The summed E-state index contributed by atoms with van der Waals surface area (Å²) in [6.07, 6.45) is 1.22. The highest BCUT2D eigenvalue weighted by molar-refractivity contribution is 7.16. The lowest BCUT2D eigenvalue weighted by molar-refractivity contribution is -0.117. The quantitative estimate of drug-likeness (QED) is 0.857. The molecule has 0 bridgehead atoms. The molecule has 5 nitrogen and oxygen atoms in total. The van der Waals surface area contributed by atoms with Crippen LogP contribution in [0.15, 0.2) is 0 Å². The average molecular weight is 338 g/mol. The number of aryl methyl sites for hydroxylation is 1. The first-order valence-corrected chi connectivity index (χ1v) is 8.84. The van der Waals surface area contributed by atoms with Crippen LogP contribution >= 0.6 is 11.3 Å². The van der Waals surface area contributed by atoms with Gasteiger partial charge in [0.25, 0.3) is 0 Å². The van der Waals surface area contributed by atoms with E-state index >= 15 is 0 Å². The number of thiophene rings is 1. The molecule has 2 heterocycles. The van der Waals surface area contributed by atoms with Crippen LogP contribution in [0, 0.1) is 25.7 Å². The molecule has 1 saturated heterocycles. The van der Waals surface area contributed by atoms with E-state index in [0.717, 1.165) is 23.5 Å². The minimum absolute atomic E-state index is 0.0716. The smallest absolute Gasteiger partial charge is 0.341 e. The third kappa shape index (κ3) is 4.32. The topological polar surface area (TPSA) is 58.6 Å². The molecule has 1 aliphatic rings. The Morgan fingerprint density at radius 1 is 1.26 bits per heavy atom. The van der Waals surface area contributed by atoms with Gasteiger partial charge < -0.3 is 10.1 Å². The number of carbonyl (C=O) groups excluding carboxylic acids is 2. The molecule has 2 atom stereocenters. The number of anilines is 1. The predicted molar refractivity (Wildman–Crippen MR) is 93.1 cm³/mol. The summed E-state index contributed by atoms with van der Waals surface area (Å²) < 4.78 is 4.84. The van der Waals surface area contributed by atoms with Crippen LogP contribution in [0.1, 0.15) is 41.1 Å². The lowest BCUT2D eigenvalue weighted by atomic mass is 9.92. The number of methoxy groups -OCH3 is 1. The number of piperidine rings is 1. The minimum Gasteiger partial charge on any atom is -0.465 e. The zero-order chi connectivity index (χ0) is 17.1. The Balaban J connectivity index is 2.06. The summed E-state index contributed by atoms with van der Waals surface area (Å²) in [5.41, 5.74) is 1.35. The number of ether oxygens (including phenoxy) is 1. The number of hydrogen-bond donors (Lipinski definition) is 1. The van der Waals surface area contributed by atoms with Gasteiger partial charge in [0.15, 0.2) is 0 Å². The number of nitrogens with zero attached hydrogens (tertiary/aromatic N) is 1. The molecule has 1 aromatic rings. The Labute approximate surface area is 142 Å². The molecule has 0 saturated carbocycles. The van der Waals surface area contributed by atoms with Crippen LogP contribution in [0.4, 0.5) is 5.00 Å². The maximum atomic E-state index is 12.4. The van der Waals surface area contributed by atoms with Gasteiger partial charge in [-0.25, -0.2) is 4.79 Å². The fourth-order valence-electron chi connectivity index (χ4n) is 3.35. The van der Waals surface area contributed by atoms with Crippen molar-refractivity contribution in [3.63, 3.8) is 0 Å². The molecule has 1 N–H and O–H groups in total. The monoisotopic (exact) mass is 338 g/mol. The third-order valence-electron chi connectivity index (χ3n) is 4.34. The number of rotatable bonds is 4. The molecule has 0 spiro atoms. The summed E-state index contributed by atoms with van der Waals surface area (Å²) in [6, 6.07) is 0. The highest BCUT2D eigenvalue weighted by Crippen LogP contribution is 2.33. The van der Waals surface area contributed by atoms with Crippen LogP contribution in [0.5, 0.6) is 0 Å². The zero-order valence-corrected chi connectivity index (χ0v) is 15.4. The summed E-state index contributed by atoms with van der Waals surface area (Å²) in [4.78, 5) is 27.5. The highest BCUT2D eigenvalue weighted by Gasteiger charge is 2.25. The summed E-state index contributed by atoms with van der Waals surface area (Å²) in [5.74, 6) is 0.756. The molecule has 0 aromatic carbocycles. The van der Waals surface area contributed by atoms with Crippen LogP contribution in [-0.2, 0) is 9.53 Å². The van der Waals surface area contributed by atoms with E-state index in [4.69, 9.17) is 4.74 Å². The lowest BCUT2D eigenvalue weighted by Gasteiger charge is -2.34. The fourth-order valence-corrected chi connectivity index (χ4v) is 4.42. The molecule has 1 aromatic heterocycles. The normalized spacial score (nSPS) is 22.0. The standard InChI is InChI=1S/C17H26N2O3S/c1-10-6-11(2)8-19(7-10)9-14(20)18-16-15(17(21)22-5)12(3)13(4)23-16/h10-11H,6-9H2,1-5H3,(H,18,20)/t10-,11-/m0/s1. The van der Waals surface area contributed by atoms with Crippen molar-refractivity contribution < 1.29 is 14.3 Å². The average Bonchev–Trinajstić information content (AvgIpc) is 2.71. The second-order valence-electron chi connectivity index (χ2n) is 6.67. The second kappa shape index (κ2) is 7.45. The number of nitrogens with one attached hydrogen (secondary N) is 1. The van der Waals surface area contributed by atoms with Crippen LogP contribution in [0.3, 0.4) is 0 Å². The van der Waals surface area contributed by atoms with E-state index in [9.17, 15) is 9.59 Å². The fraction of sp³-hybridized carbons (Fsp3) is 0.647. The van der Waals surface area contributed by atoms with E-state index in [-0.39, 0.29) is 5.91 Å². The summed E-state index contributed by atoms with van der Waals surface area (Å²) in [7, 11) is 1.36. The Bertz CT molecular complexity index is 587. The van der Waals surface area contributed by atoms with Crippen LogP contribution in [0.25, 0.3) is 0 Å². The number of hydrogen-bond acceptors (Lipinski definition) is 5. The minimum atomic E-state index is -0.401. The van der Waals surface area contributed by atoms with Gasteiger partial charge in [-0.1, -0.05) is 13.8 Å². The van der Waals surface area contributed by atoms with Crippen molar-refractivity contribution in [1.82, 2.24) is 4.90 Å². The van der Waals surface area contributed by atoms with Crippen molar-refractivity contribution in [3.05, 3.63) is 16.0 Å². The van der Waals surface area contributed by atoms with Crippen LogP contribution < -0.4 is 5.32 Å². The second-order valence-corrected chi connectivity index (χ2v) is 7.89. The molecule has 23 heavy (non-hydrogen) atoms. The van der Waals surface area contributed by atoms with E-state index in [1.54, 1.807) is 0 Å². The first-order chi connectivity index (χ1) is 10.8. The van der Waals surface area contributed by atoms with Crippen molar-refractivity contribution in [2.45, 2.75) is 34.1 Å². The summed E-state index contributed by atoms with van der Waals surface area (Å²) >= 11 is 1.42. The van der Waals surface area contributed by atoms with E-state index in [2.05, 4.69) is 24.1 Å². The number of carbonyl (C=O) groups is 2. The van der Waals surface area contributed by atoms with Crippen molar-refractivity contribution in [1.29, 1.82) is 0 Å². The van der Waals surface area contributed by atoms with Crippen LogP contribution in [-0.4, -0.2) is 43.5 Å². The van der Waals surface area contributed by atoms with Gasteiger partial charge in [-0.2, -0.15) is 0 Å². The number of amides is 1. The molecule has 0 aliphatic carbocycles. The van der Waals surface area contributed by atoms with Gasteiger partial charge in [-0.05, 0) is 37.7 Å².